The molecule has 0 atom stereocenters. The van der Waals surface area contributed by atoms with Crippen molar-refractivity contribution in [3.63, 3.8) is 0 Å². The molecule has 0 saturated heterocycles. The summed E-state index contributed by atoms with van der Waals surface area (Å²) in [6.07, 6.45) is 3.17. The van der Waals surface area contributed by atoms with Crippen molar-refractivity contribution in [2.24, 2.45) is 11.7 Å². The molecule has 1 aromatic rings. The van der Waals surface area contributed by atoms with Crippen molar-refractivity contribution in [2.45, 2.75) is 42.4 Å². The molecule has 0 aromatic carbocycles. The molecule has 1 saturated carbocycles. The third-order valence-corrected chi connectivity index (χ3v) is 7.79. The molecule has 1 aliphatic carbocycles. The van der Waals surface area contributed by atoms with Crippen LogP contribution in [-0.2, 0) is 10.0 Å². The second kappa shape index (κ2) is 6.00. The summed E-state index contributed by atoms with van der Waals surface area (Å²) in [4.78, 5) is 0.239. The van der Waals surface area contributed by atoms with Crippen molar-refractivity contribution in [3.8, 4) is 0 Å². The first-order chi connectivity index (χ1) is 9.25. The van der Waals surface area contributed by atoms with Gasteiger partial charge < -0.3 is 5.73 Å². The molecule has 0 unspecified atom stereocenters. The van der Waals surface area contributed by atoms with Crippen LogP contribution in [0.1, 0.15) is 32.6 Å². The summed E-state index contributed by atoms with van der Waals surface area (Å²) in [5, 5.41) is 0. The summed E-state index contributed by atoms with van der Waals surface area (Å²) < 4.78 is 28.7. The quantitative estimate of drug-likeness (QED) is 0.767. The van der Waals surface area contributed by atoms with Gasteiger partial charge in [-0.3, -0.25) is 0 Å². The maximum absolute atomic E-state index is 12.5. The van der Waals surface area contributed by atoms with Crippen LogP contribution in [0.5, 0.6) is 0 Å². The second-order valence-electron chi connectivity index (χ2n) is 5.29. The van der Waals surface area contributed by atoms with Crippen LogP contribution in [-0.4, -0.2) is 18.9 Å². The molecule has 0 radical (unpaired) electrons. The summed E-state index contributed by atoms with van der Waals surface area (Å²) in [7, 11) is -3.59. The van der Waals surface area contributed by atoms with E-state index < -0.39 is 15.6 Å². The van der Waals surface area contributed by atoms with E-state index in [0.29, 0.717) is 18.8 Å². The van der Waals surface area contributed by atoms with Gasteiger partial charge in [-0.1, -0.05) is 19.1 Å². The first-order valence-electron chi connectivity index (χ1n) is 6.34. The summed E-state index contributed by atoms with van der Waals surface area (Å²) in [5.74, 6) is 0.581. The molecule has 1 aromatic heterocycles. The molecule has 1 heterocycles. The highest BCUT2D eigenvalue weighted by atomic mass is 79.9. The van der Waals surface area contributed by atoms with E-state index >= 15 is 0 Å². The zero-order valence-corrected chi connectivity index (χ0v) is 15.1. The van der Waals surface area contributed by atoms with Crippen molar-refractivity contribution in [2.75, 3.05) is 0 Å². The Bertz CT molecular complexity index is 604. The van der Waals surface area contributed by atoms with E-state index in [0.717, 1.165) is 16.6 Å². The van der Waals surface area contributed by atoms with Gasteiger partial charge in [0.1, 0.15) is 4.21 Å². The lowest BCUT2D eigenvalue weighted by Crippen LogP contribution is -2.58. The number of nitrogens with two attached hydrogens (primary N) is 1. The van der Waals surface area contributed by atoms with Crippen molar-refractivity contribution >= 4 is 54.5 Å². The molecule has 3 N–H and O–H groups in total. The Kier molecular flexibility index (Phi) is 4.91. The van der Waals surface area contributed by atoms with E-state index in [9.17, 15) is 8.42 Å². The summed E-state index contributed by atoms with van der Waals surface area (Å²) in [6.45, 7) is 2.16. The van der Waals surface area contributed by atoms with Crippen LogP contribution in [0.3, 0.4) is 0 Å². The second-order valence-corrected chi connectivity index (χ2v) is 10.1. The number of halogens is 1. The van der Waals surface area contributed by atoms with Crippen molar-refractivity contribution in [1.29, 1.82) is 0 Å². The molecule has 20 heavy (non-hydrogen) atoms. The van der Waals surface area contributed by atoms with Gasteiger partial charge in [0.05, 0.1) is 14.3 Å². The third kappa shape index (κ3) is 3.41. The fourth-order valence-corrected chi connectivity index (χ4v) is 6.17. The summed E-state index contributed by atoms with van der Waals surface area (Å²) in [5.41, 5.74) is 5.06. The van der Waals surface area contributed by atoms with E-state index in [1.54, 1.807) is 12.1 Å². The predicted octanol–water partition coefficient (Wildman–Crippen LogP) is 3.02. The van der Waals surface area contributed by atoms with E-state index in [1.165, 1.54) is 11.3 Å². The van der Waals surface area contributed by atoms with E-state index in [2.05, 4.69) is 27.6 Å². The predicted molar refractivity (Wildman–Crippen MR) is 89.5 cm³/mol. The van der Waals surface area contributed by atoms with Gasteiger partial charge in [-0.25, -0.2) is 8.42 Å². The minimum Gasteiger partial charge on any atom is -0.392 e. The first kappa shape index (κ1) is 16.4. The molecule has 0 aliphatic heterocycles. The first-order valence-corrected chi connectivity index (χ1v) is 9.84. The molecule has 4 nitrogen and oxygen atoms in total. The minimum atomic E-state index is -3.59. The number of rotatable bonds is 4. The Morgan fingerprint density at radius 1 is 1.50 bits per heavy atom. The number of hydrogen-bond acceptors (Lipinski definition) is 4. The molecule has 8 heteroatoms. The van der Waals surface area contributed by atoms with Gasteiger partial charge in [-0.2, -0.15) is 4.72 Å². The molecule has 1 aliphatic rings. The Balaban J connectivity index is 2.27. The third-order valence-electron chi connectivity index (χ3n) is 3.74. The van der Waals surface area contributed by atoms with Crippen LogP contribution >= 0.6 is 39.5 Å². The maximum Gasteiger partial charge on any atom is 0.250 e. The van der Waals surface area contributed by atoms with Gasteiger partial charge in [0.15, 0.2) is 0 Å². The Labute approximate surface area is 137 Å². The van der Waals surface area contributed by atoms with Crippen molar-refractivity contribution in [3.05, 3.63) is 15.9 Å². The monoisotopic (exact) mass is 396 g/mol. The Morgan fingerprint density at radius 3 is 2.55 bits per heavy atom. The fraction of sp³-hybridized carbons (Fsp3) is 0.583. The number of thiocarbonyl (C=S) groups is 1. The van der Waals surface area contributed by atoms with Gasteiger partial charge >= 0.3 is 0 Å². The number of thiophene rings is 1. The lowest BCUT2D eigenvalue weighted by Gasteiger charge is -2.38. The highest BCUT2D eigenvalue weighted by Gasteiger charge is 2.40. The standard InChI is InChI=1S/C12H17BrN2O2S3/c1-8-4-6-12(7-5-8,11(14)18)15-20(16,17)10-3-2-9(13)19-10/h2-3,8,15H,4-7H2,1H3,(H2,14,18). The van der Waals surface area contributed by atoms with Gasteiger partial charge in [0.25, 0.3) is 10.0 Å². The molecule has 0 amide bonds. The van der Waals surface area contributed by atoms with Gasteiger partial charge in [-0.05, 0) is 59.7 Å². The van der Waals surface area contributed by atoms with Crippen LogP contribution < -0.4 is 10.5 Å². The van der Waals surface area contributed by atoms with Crippen LogP contribution in [0, 0.1) is 5.92 Å². The lowest BCUT2D eigenvalue weighted by atomic mass is 9.78. The average Bonchev–Trinajstić information content (AvgIpc) is 2.79. The molecular weight excluding hydrogens is 380 g/mol. The van der Waals surface area contributed by atoms with Gasteiger partial charge in [0.2, 0.25) is 0 Å². The van der Waals surface area contributed by atoms with E-state index in [4.69, 9.17) is 18.0 Å². The molecule has 0 bridgehead atoms. The Morgan fingerprint density at radius 2 is 2.10 bits per heavy atom. The van der Waals surface area contributed by atoms with Crippen molar-refractivity contribution in [1.82, 2.24) is 4.72 Å². The highest BCUT2D eigenvalue weighted by Crippen LogP contribution is 2.34. The van der Waals surface area contributed by atoms with Crippen LogP contribution in [0.2, 0.25) is 0 Å². The van der Waals surface area contributed by atoms with Gasteiger partial charge in [-0.15, -0.1) is 11.3 Å². The fourth-order valence-electron chi connectivity index (χ4n) is 2.40. The minimum absolute atomic E-state index is 0.239. The molecular formula is C12H17BrN2O2S3. The normalized spacial score (nSPS) is 27.4. The summed E-state index contributed by atoms with van der Waals surface area (Å²) >= 11 is 9.59. The number of hydrogen-bond donors (Lipinski definition) is 2. The van der Waals surface area contributed by atoms with Gasteiger partial charge in [0, 0.05) is 0 Å². The summed E-state index contributed by atoms with van der Waals surface area (Å²) in [6, 6.07) is 3.30. The van der Waals surface area contributed by atoms with Crippen molar-refractivity contribution < 1.29 is 8.42 Å². The zero-order chi connectivity index (χ0) is 15.0. The maximum atomic E-state index is 12.5. The average molecular weight is 397 g/mol. The van der Waals surface area contributed by atoms with Crippen LogP contribution in [0.4, 0.5) is 0 Å². The highest BCUT2D eigenvalue weighted by molar-refractivity contribution is 9.11. The van der Waals surface area contributed by atoms with E-state index in [-0.39, 0.29) is 9.20 Å². The SMILES string of the molecule is CC1CCC(NS(=O)(=O)c2ccc(Br)s2)(C(N)=S)CC1. The Hall–Kier alpha value is -0.0200. The number of sulfonamides is 1. The molecule has 1 fully saturated rings. The largest absolute Gasteiger partial charge is 0.392 e. The zero-order valence-electron chi connectivity index (χ0n) is 11.1. The number of nitrogens with one attached hydrogen (secondary N) is 1. The molecule has 0 spiro atoms. The van der Waals surface area contributed by atoms with Crippen LogP contribution in [0.15, 0.2) is 20.1 Å². The van der Waals surface area contributed by atoms with E-state index in [1.807, 2.05) is 0 Å². The molecule has 2 rings (SSSR count). The smallest absolute Gasteiger partial charge is 0.250 e. The topological polar surface area (TPSA) is 72.2 Å². The molecule has 112 valence electrons. The lowest BCUT2D eigenvalue weighted by molar-refractivity contribution is 0.289. The van der Waals surface area contributed by atoms with Crippen LogP contribution in [0.25, 0.3) is 0 Å².